The SMILES string of the molecule is OC[C@H]1O[C@@H](S/C(C[C@@H](O)c2ccccc2)=N\O)[C@H](O)[C@@H](O)[C@@H]1O. The number of hydrogen-bond donors (Lipinski definition) is 6. The van der Waals surface area contributed by atoms with Crippen LogP contribution in [0.2, 0.25) is 0 Å². The van der Waals surface area contributed by atoms with Crippen molar-refractivity contribution >= 4 is 16.8 Å². The smallest absolute Gasteiger partial charge is 0.138 e. The van der Waals surface area contributed by atoms with E-state index in [-0.39, 0.29) is 11.5 Å². The second-order valence-electron chi connectivity index (χ2n) is 5.44. The van der Waals surface area contributed by atoms with E-state index >= 15 is 0 Å². The Morgan fingerprint density at radius 2 is 1.79 bits per heavy atom. The minimum Gasteiger partial charge on any atom is -0.410 e. The first-order chi connectivity index (χ1) is 11.5. The Kier molecular flexibility index (Phi) is 6.99. The normalized spacial score (nSPS) is 32.5. The zero-order chi connectivity index (χ0) is 17.7. The molecule has 1 saturated heterocycles. The second-order valence-corrected chi connectivity index (χ2v) is 6.61. The average Bonchev–Trinajstić information content (AvgIpc) is 2.61. The number of nitrogens with zero attached hydrogens (tertiary/aromatic N) is 1. The molecule has 1 heterocycles. The first-order valence-corrected chi connectivity index (χ1v) is 8.27. The Labute approximate surface area is 143 Å². The number of benzene rings is 1. The van der Waals surface area contributed by atoms with E-state index in [1.54, 1.807) is 30.3 Å². The van der Waals surface area contributed by atoms with E-state index in [1.807, 2.05) is 0 Å². The number of ether oxygens (including phenoxy) is 1. The number of oxime groups is 1. The van der Waals surface area contributed by atoms with Gasteiger partial charge >= 0.3 is 0 Å². The van der Waals surface area contributed by atoms with Crippen molar-refractivity contribution in [3.8, 4) is 0 Å². The van der Waals surface area contributed by atoms with Crippen LogP contribution in [0.1, 0.15) is 18.1 Å². The van der Waals surface area contributed by atoms with Gasteiger partial charge < -0.3 is 35.5 Å². The summed E-state index contributed by atoms with van der Waals surface area (Å²) in [5.74, 6) is 0. The van der Waals surface area contributed by atoms with Crippen molar-refractivity contribution < 1.29 is 35.5 Å². The summed E-state index contributed by atoms with van der Waals surface area (Å²) in [5, 5.41) is 61.1. The summed E-state index contributed by atoms with van der Waals surface area (Å²) in [5.41, 5.74) is -0.428. The van der Waals surface area contributed by atoms with Gasteiger partial charge in [-0.15, -0.1) is 0 Å². The highest BCUT2D eigenvalue weighted by Crippen LogP contribution is 2.31. The van der Waals surface area contributed by atoms with Crippen molar-refractivity contribution in [3.63, 3.8) is 0 Å². The van der Waals surface area contributed by atoms with Crippen LogP contribution in [0, 0.1) is 0 Å². The summed E-state index contributed by atoms with van der Waals surface area (Å²) in [6.45, 7) is -0.541. The maximum atomic E-state index is 10.2. The molecule has 9 heteroatoms. The molecule has 0 saturated carbocycles. The minimum absolute atomic E-state index is 0.0276. The maximum absolute atomic E-state index is 10.2. The van der Waals surface area contributed by atoms with Crippen molar-refractivity contribution in [1.29, 1.82) is 0 Å². The minimum atomic E-state index is -1.51. The summed E-state index contributed by atoms with van der Waals surface area (Å²) in [6.07, 6.45) is -6.40. The predicted molar refractivity (Wildman–Crippen MR) is 86.6 cm³/mol. The zero-order valence-electron chi connectivity index (χ0n) is 12.7. The van der Waals surface area contributed by atoms with Crippen LogP contribution in [0.15, 0.2) is 35.5 Å². The fourth-order valence-corrected chi connectivity index (χ4v) is 3.44. The molecule has 0 spiro atoms. The van der Waals surface area contributed by atoms with E-state index in [2.05, 4.69) is 5.16 Å². The van der Waals surface area contributed by atoms with Gasteiger partial charge in [-0.1, -0.05) is 47.2 Å². The van der Waals surface area contributed by atoms with Gasteiger partial charge in [0.2, 0.25) is 0 Å². The summed E-state index contributed by atoms with van der Waals surface area (Å²) in [6, 6.07) is 8.77. The lowest BCUT2D eigenvalue weighted by atomic mass is 10.0. The van der Waals surface area contributed by atoms with E-state index in [0.29, 0.717) is 5.56 Å². The molecular weight excluding hydrogens is 338 g/mol. The van der Waals surface area contributed by atoms with Crippen LogP contribution >= 0.6 is 11.8 Å². The molecule has 0 bridgehead atoms. The molecular formula is C15H21NO7S. The Bertz CT molecular complexity index is 542. The molecule has 0 aromatic heterocycles. The van der Waals surface area contributed by atoms with E-state index < -0.39 is 42.6 Å². The fraction of sp³-hybridized carbons (Fsp3) is 0.533. The van der Waals surface area contributed by atoms with Gasteiger partial charge in [0.1, 0.15) is 34.9 Å². The lowest BCUT2D eigenvalue weighted by molar-refractivity contribution is -0.205. The monoisotopic (exact) mass is 359 g/mol. The van der Waals surface area contributed by atoms with Crippen LogP contribution in [-0.2, 0) is 4.74 Å². The molecule has 1 fully saturated rings. The van der Waals surface area contributed by atoms with Gasteiger partial charge in [-0.2, -0.15) is 0 Å². The molecule has 6 N–H and O–H groups in total. The summed E-state index contributed by atoms with van der Waals surface area (Å²) in [4.78, 5) is 0. The lowest BCUT2D eigenvalue weighted by Crippen LogP contribution is -2.57. The number of thioether (sulfide) groups is 1. The molecule has 24 heavy (non-hydrogen) atoms. The molecule has 1 aliphatic heterocycles. The topological polar surface area (TPSA) is 143 Å². The fourth-order valence-electron chi connectivity index (χ4n) is 2.37. The van der Waals surface area contributed by atoms with Crippen molar-refractivity contribution in [1.82, 2.24) is 0 Å². The highest BCUT2D eigenvalue weighted by molar-refractivity contribution is 8.14. The van der Waals surface area contributed by atoms with Crippen molar-refractivity contribution in [2.45, 2.75) is 42.4 Å². The Hall–Kier alpha value is -1.20. The van der Waals surface area contributed by atoms with Crippen LogP contribution in [-0.4, -0.2) is 72.2 Å². The van der Waals surface area contributed by atoms with Crippen LogP contribution < -0.4 is 0 Å². The highest BCUT2D eigenvalue weighted by atomic mass is 32.2. The van der Waals surface area contributed by atoms with Gasteiger partial charge in [0, 0.05) is 6.42 Å². The van der Waals surface area contributed by atoms with Crippen molar-refractivity contribution in [2.24, 2.45) is 5.16 Å². The van der Waals surface area contributed by atoms with Crippen LogP contribution in [0.4, 0.5) is 0 Å². The molecule has 0 amide bonds. The standard InChI is InChI=1S/C15H21NO7S/c17-7-10-12(19)13(20)14(21)15(23-10)24-11(16-22)6-9(18)8-4-2-1-3-5-8/h1-5,9-10,12-15,17-22H,6-7H2/b16-11-/t9-,10-,12-,13+,14-,15+/m1/s1. The highest BCUT2D eigenvalue weighted by Gasteiger charge is 2.44. The van der Waals surface area contributed by atoms with Crippen LogP contribution in [0.25, 0.3) is 0 Å². The number of aliphatic hydroxyl groups excluding tert-OH is 5. The van der Waals surface area contributed by atoms with Crippen molar-refractivity contribution in [2.75, 3.05) is 6.61 Å². The van der Waals surface area contributed by atoms with Gasteiger partial charge in [-0.05, 0) is 5.56 Å². The Balaban J connectivity index is 2.01. The number of hydrogen-bond acceptors (Lipinski definition) is 9. The summed E-state index contributed by atoms with van der Waals surface area (Å²) >= 11 is 0.807. The zero-order valence-corrected chi connectivity index (χ0v) is 13.5. The first-order valence-electron chi connectivity index (χ1n) is 7.39. The van der Waals surface area contributed by atoms with E-state index in [1.165, 1.54) is 0 Å². The third-order valence-electron chi connectivity index (χ3n) is 3.76. The van der Waals surface area contributed by atoms with Gasteiger partial charge in [-0.3, -0.25) is 0 Å². The van der Waals surface area contributed by atoms with E-state index in [4.69, 9.17) is 15.1 Å². The van der Waals surface area contributed by atoms with Gasteiger partial charge in [0.05, 0.1) is 12.7 Å². The van der Waals surface area contributed by atoms with Gasteiger partial charge in [0.25, 0.3) is 0 Å². The molecule has 1 aromatic carbocycles. The quantitative estimate of drug-likeness (QED) is 0.178. The molecule has 0 unspecified atom stereocenters. The third kappa shape index (κ3) is 4.45. The van der Waals surface area contributed by atoms with E-state index in [0.717, 1.165) is 11.8 Å². The van der Waals surface area contributed by atoms with E-state index in [9.17, 15) is 20.4 Å². The van der Waals surface area contributed by atoms with Crippen LogP contribution in [0.5, 0.6) is 0 Å². The Morgan fingerprint density at radius 1 is 1.12 bits per heavy atom. The van der Waals surface area contributed by atoms with Crippen molar-refractivity contribution in [3.05, 3.63) is 35.9 Å². The van der Waals surface area contributed by atoms with Gasteiger partial charge in [-0.25, -0.2) is 0 Å². The molecule has 0 aliphatic carbocycles. The number of rotatable bonds is 5. The molecule has 1 aliphatic rings. The largest absolute Gasteiger partial charge is 0.410 e. The van der Waals surface area contributed by atoms with Crippen LogP contribution in [0.3, 0.4) is 0 Å². The lowest BCUT2D eigenvalue weighted by Gasteiger charge is -2.39. The molecule has 2 rings (SSSR count). The second kappa shape index (κ2) is 8.77. The van der Waals surface area contributed by atoms with Gasteiger partial charge in [0.15, 0.2) is 0 Å². The number of aliphatic hydroxyl groups is 5. The molecule has 6 atom stereocenters. The molecule has 8 nitrogen and oxygen atoms in total. The maximum Gasteiger partial charge on any atom is 0.138 e. The predicted octanol–water partition coefficient (Wildman–Crippen LogP) is -0.569. The Morgan fingerprint density at radius 3 is 2.38 bits per heavy atom. The summed E-state index contributed by atoms with van der Waals surface area (Å²) in [7, 11) is 0. The first kappa shape index (κ1) is 19.1. The third-order valence-corrected chi connectivity index (χ3v) is 4.91. The molecule has 1 aromatic rings. The average molecular weight is 359 g/mol. The summed E-state index contributed by atoms with van der Waals surface area (Å²) < 4.78 is 5.33. The molecule has 0 radical (unpaired) electrons. The molecule has 134 valence electrons.